The van der Waals surface area contributed by atoms with Crippen LogP contribution in [0.4, 0.5) is 0 Å². The summed E-state index contributed by atoms with van der Waals surface area (Å²) in [5.74, 6) is 0. The second kappa shape index (κ2) is 5.60. The lowest BCUT2D eigenvalue weighted by Gasteiger charge is -1.94. The highest BCUT2D eigenvalue weighted by atomic mass is 32.2. The zero-order valence-electron chi connectivity index (χ0n) is 9.31. The maximum atomic E-state index is 4.23. The number of nitrogens with zero attached hydrogens (tertiary/aromatic N) is 3. The van der Waals surface area contributed by atoms with Gasteiger partial charge in [0.05, 0.1) is 0 Å². The zero-order chi connectivity index (χ0) is 12.2. The molecule has 2 heterocycles. The van der Waals surface area contributed by atoms with E-state index in [-0.39, 0.29) is 0 Å². The number of benzene rings is 1. The van der Waals surface area contributed by atoms with E-state index in [9.17, 15) is 0 Å². The van der Waals surface area contributed by atoms with Gasteiger partial charge in [-0.1, -0.05) is 41.7 Å². The number of hydrogen-bond donors (Lipinski definition) is 0. The van der Waals surface area contributed by atoms with Crippen molar-refractivity contribution in [3.8, 4) is 0 Å². The first kappa shape index (κ1) is 11.8. The third kappa shape index (κ3) is 2.95. The number of thiazole rings is 1. The Balaban J connectivity index is 1.70. The molecule has 0 amide bonds. The Bertz CT molecular complexity index is 605. The summed E-state index contributed by atoms with van der Waals surface area (Å²) < 4.78 is 1.97. The van der Waals surface area contributed by atoms with Gasteiger partial charge in [0.25, 0.3) is 0 Å². The van der Waals surface area contributed by atoms with E-state index in [0.29, 0.717) is 0 Å². The summed E-state index contributed by atoms with van der Waals surface area (Å²) in [6.07, 6.45) is 2.65. The molecule has 18 heavy (non-hydrogen) atoms. The lowest BCUT2D eigenvalue weighted by molar-refractivity contribution is 0.956. The molecule has 0 radical (unpaired) electrons. The van der Waals surface area contributed by atoms with E-state index in [1.54, 1.807) is 40.6 Å². The number of aromatic nitrogens is 3. The van der Waals surface area contributed by atoms with Crippen molar-refractivity contribution in [1.82, 2.24) is 15.2 Å². The van der Waals surface area contributed by atoms with Crippen LogP contribution in [0, 0.1) is 0 Å². The van der Waals surface area contributed by atoms with Gasteiger partial charge in [-0.3, -0.25) is 0 Å². The van der Waals surface area contributed by atoms with Crippen molar-refractivity contribution in [2.75, 3.05) is 0 Å². The molecule has 90 valence electrons. The van der Waals surface area contributed by atoms with Crippen molar-refractivity contribution >= 4 is 34.4 Å². The summed E-state index contributed by atoms with van der Waals surface area (Å²) in [5.41, 5.74) is 1.26. The van der Waals surface area contributed by atoms with Gasteiger partial charge in [0, 0.05) is 18.0 Å². The van der Waals surface area contributed by atoms with E-state index >= 15 is 0 Å². The largest absolute Gasteiger partial charge is 0.238 e. The van der Waals surface area contributed by atoms with Crippen LogP contribution in [0.15, 0.2) is 50.6 Å². The summed E-state index contributed by atoms with van der Waals surface area (Å²) in [6.45, 7) is 0. The van der Waals surface area contributed by atoms with Gasteiger partial charge in [-0.2, -0.15) is 0 Å². The Labute approximate surface area is 117 Å². The summed E-state index contributed by atoms with van der Waals surface area (Å²) >= 11 is 4.83. The molecule has 6 heteroatoms. The summed E-state index contributed by atoms with van der Waals surface area (Å²) in [4.78, 5) is 4.23. The summed E-state index contributed by atoms with van der Waals surface area (Å²) in [5, 5.41) is 11.4. The molecule has 0 unspecified atom stereocenters. The van der Waals surface area contributed by atoms with Crippen LogP contribution in [0.3, 0.4) is 0 Å². The molecule has 0 saturated heterocycles. The maximum Gasteiger partial charge on any atom is 0.181 e. The van der Waals surface area contributed by atoms with Crippen molar-refractivity contribution in [3.05, 3.63) is 52.5 Å². The van der Waals surface area contributed by atoms with Gasteiger partial charge >= 0.3 is 0 Å². The molecule has 0 fully saturated rings. The lowest BCUT2D eigenvalue weighted by atomic mass is 10.2. The van der Waals surface area contributed by atoms with Gasteiger partial charge < -0.3 is 0 Å². The predicted octanol–water partition coefficient (Wildman–Crippen LogP) is 3.74. The van der Waals surface area contributed by atoms with Gasteiger partial charge in [0.2, 0.25) is 0 Å². The van der Waals surface area contributed by atoms with E-state index in [0.717, 1.165) is 20.1 Å². The molecule has 0 spiro atoms. The molecule has 0 aliphatic carbocycles. The molecule has 2 aromatic heterocycles. The third-order valence-electron chi connectivity index (χ3n) is 2.23. The smallest absolute Gasteiger partial charge is 0.181 e. The predicted molar refractivity (Wildman–Crippen MR) is 75.4 cm³/mol. The molecule has 3 aromatic rings. The maximum absolute atomic E-state index is 4.23. The summed E-state index contributed by atoms with van der Waals surface area (Å²) in [6, 6.07) is 10.3. The van der Waals surface area contributed by atoms with Crippen molar-refractivity contribution in [1.29, 1.82) is 0 Å². The fourth-order valence-electron chi connectivity index (χ4n) is 1.46. The Morgan fingerprint density at radius 1 is 1.06 bits per heavy atom. The zero-order valence-corrected chi connectivity index (χ0v) is 11.8. The fourth-order valence-corrected chi connectivity index (χ4v) is 4.21. The Morgan fingerprint density at radius 3 is 2.72 bits per heavy atom. The highest BCUT2D eigenvalue weighted by molar-refractivity contribution is 8.02. The van der Waals surface area contributed by atoms with Crippen LogP contribution < -0.4 is 0 Å². The first-order valence-corrected chi connectivity index (χ1v) is 7.85. The first-order valence-electron chi connectivity index (χ1n) is 5.34. The van der Waals surface area contributed by atoms with Crippen LogP contribution in [0.2, 0.25) is 0 Å². The lowest BCUT2D eigenvalue weighted by Crippen LogP contribution is -1.85. The number of rotatable bonds is 4. The van der Waals surface area contributed by atoms with Crippen molar-refractivity contribution in [2.45, 2.75) is 15.1 Å². The second-order valence-corrected chi connectivity index (χ2v) is 6.98. The molecule has 3 nitrogen and oxygen atoms in total. The van der Waals surface area contributed by atoms with Crippen LogP contribution in [0.5, 0.6) is 0 Å². The first-order chi connectivity index (χ1) is 8.90. The Kier molecular flexibility index (Phi) is 3.68. The molecule has 0 N–H and O–H groups in total. The number of hydrogen-bond acceptors (Lipinski definition) is 6. The quantitative estimate of drug-likeness (QED) is 0.734. The standard InChI is InChI=1S/C12H9N3S3/c1-2-4-9(5-3-1)8-10-14-15-12(17-10)18-11-13-6-7-16-11/h1-7H,8H2. The van der Waals surface area contributed by atoms with Crippen LogP contribution in [-0.2, 0) is 6.42 Å². The van der Waals surface area contributed by atoms with E-state index in [1.807, 2.05) is 23.6 Å². The van der Waals surface area contributed by atoms with Crippen molar-refractivity contribution in [2.24, 2.45) is 0 Å². The van der Waals surface area contributed by atoms with Gasteiger partial charge in [0.15, 0.2) is 8.68 Å². The van der Waals surface area contributed by atoms with Gasteiger partial charge in [0.1, 0.15) is 5.01 Å². The average molecular weight is 291 g/mol. The molecule has 0 aliphatic rings. The Hall–Kier alpha value is -1.24. The highest BCUT2D eigenvalue weighted by Gasteiger charge is 2.07. The van der Waals surface area contributed by atoms with E-state index < -0.39 is 0 Å². The SMILES string of the molecule is c1ccc(Cc2nnc(Sc3nccs3)s2)cc1. The van der Waals surface area contributed by atoms with Gasteiger partial charge in [-0.25, -0.2) is 4.98 Å². The average Bonchev–Trinajstić information content (AvgIpc) is 3.03. The van der Waals surface area contributed by atoms with E-state index in [4.69, 9.17) is 0 Å². The van der Waals surface area contributed by atoms with Crippen LogP contribution in [-0.4, -0.2) is 15.2 Å². The molecular formula is C12H9N3S3. The summed E-state index contributed by atoms with van der Waals surface area (Å²) in [7, 11) is 0. The third-order valence-corrected chi connectivity index (χ3v) is 5.09. The molecule has 0 atom stereocenters. The van der Waals surface area contributed by atoms with Gasteiger partial charge in [-0.15, -0.1) is 21.5 Å². The molecule has 3 rings (SSSR count). The molecule has 1 aromatic carbocycles. The van der Waals surface area contributed by atoms with E-state index in [2.05, 4.69) is 27.3 Å². The topological polar surface area (TPSA) is 38.7 Å². The minimum Gasteiger partial charge on any atom is -0.238 e. The fraction of sp³-hybridized carbons (Fsp3) is 0.0833. The van der Waals surface area contributed by atoms with Crippen LogP contribution in [0.25, 0.3) is 0 Å². The second-order valence-electron chi connectivity index (χ2n) is 3.52. The van der Waals surface area contributed by atoms with Gasteiger partial charge in [-0.05, 0) is 17.3 Å². The van der Waals surface area contributed by atoms with Crippen molar-refractivity contribution < 1.29 is 0 Å². The normalized spacial score (nSPS) is 10.7. The molecule has 0 bridgehead atoms. The van der Waals surface area contributed by atoms with Crippen LogP contribution >= 0.6 is 34.4 Å². The molecular weight excluding hydrogens is 282 g/mol. The van der Waals surface area contributed by atoms with Crippen LogP contribution in [0.1, 0.15) is 10.6 Å². The minimum atomic E-state index is 0.844. The highest BCUT2D eigenvalue weighted by Crippen LogP contribution is 2.31. The minimum absolute atomic E-state index is 0.844. The molecule has 0 saturated carbocycles. The van der Waals surface area contributed by atoms with E-state index in [1.165, 1.54) is 5.56 Å². The molecule has 0 aliphatic heterocycles. The monoisotopic (exact) mass is 291 g/mol. The Morgan fingerprint density at radius 2 is 1.94 bits per heavy atom. The van der Waals surface area contributed by atoms with Crippen molar-refractivity contribution in [3.63, 3.8) is 0 Å².